The second-order valence-corrected chi connectivity index (χ2v) is 11.1. The third-order valence-corrected chi connectivity index (χ3v) is 7.57. The Morgan fingerprint density at radius 2 is 1.64 bits per heavy atom. The number of nitrogens with zero attached hydrogens (tertiary/aromatic N) is 4. The molecule has 0 unspecified atom stereocenters. The number of thiocarbonyl (C=S) groups is 1. The number of unbranched alkanes of at least 4 members (excludes halogenated alkanes) is 3. The fourth-order valence-electron chi connectivity index (χ4n) is 4.86. The fraction of sp³-hybridized carbons (Fsp3) is 0.303. The van der Waals surface area contributed by atoms with Crippen molar-refractivity contribution in [3.8, 4) is 11.8 Å². The van der Waals surface area contributed by atoms with Crippen LogP contribution in [-0.4, -0.2) is 32.6 Å². The van der Waals surface area contributed by atoms with Gasteiger partial charge in [0, 0.05) is 40.8 Å². The summed E-state index contributed by atoms with van der Waals surface area (Å²) in [5.41, 5.74) is 0.0297. The average molecular weight is 619 g/mol. The summed E-state index contributed by atoms with van der Waals surface area (Å²) in [6, 6.07) is 14.0. The van der Waals surface area contributed by atoms with Gasteiger partial charge in [-0.05, 0) is 93.9 Å². The first-order valence-corrected chi connectivity index (χ1v) is 14.3. The summed E-state index contributed by atoms with van der Waals surface area (Å²) < 4.78 is 40.8. The Labute approximate surface area is 259 Å². The van der Waals surface area contributed by atoms with Gasteiger partial charge in [-0.2, -0.15) is 13.2 Å². The molecule has 226 valence electrons. The molecular weight excluding hydrogens is 589 g/mol. The second kappa shape index (κ2) is 13.3. The zero-order valence-corrected chi connectivity index (χ0v) is 24.9. The van der Waals surface area contributed by atoms with E-state index in [4.69, 9.17) is 23.9 Å². The Morgan fingerprint density at radius 1 is 1.00 bits per heavy atom. The van der Waals surface area contributed by atoms with Gasteiger partial charge >= 0.3 is 12.1 Å². The molecule has 0 bridgehead atoms. The molecule has 11 heteroatoms. The summed E-state index contributed by atoms with van der Waals surface area (Å²) in [4.78, 5) is 34.1. The number of alkyl halides is 3. The maximum Gasteiger partial charge on any atom is 0.407 e. The van der Waals surface area contributed by atoms with Crippen LogP contribution in [0.3, 0.4) is 0 Å². The van der Waals surface area contributed by atoms with Gasteiger partial charge in [-0.15, -0.1) is 0 Å². The van der Waals surface area contributed by atoms with Crippen LogP contribution in [0, 0.1) is 18.4 Å². The number of carbonyl (C=O) groups excluding carboxylic acids is 1. The monoisotopic (exact) mass is 618 g/mol. The smallest absolute Gasteiger partial charge is 0.407 e. The van der Waals surface area contributed by atoms with Crippen molar-refractivity contribution < 1.29 is 27.9 Å². The van der Waals surface area contributed by atoms with E-state index in [1.54, 1.807) is 49.2 Å². The highest BCUT2D eigenvalue weighted by Gasteiger charge is 2.50. The minimum absolute atomic E-state index is 0.0222. The summed E-state index contributed by atoms with van der Waals surface area (Å²) in [5.74, 6) is 4.90. The van der Waals surface area contributed by atoms with E-state index in [1.165, 1.54) is 6.07 Å². The molecule has 1 amide bonds. The molecule has 1 N–H and O–H groups in total. The third-order valence-electron chi connectivity index (χ3n) is 7.21. The Kier molecular flexibility index (Phi) is 9.71. The molecule has 44 heavy (non-hydrogen) atoms. The first-order chi connectivity index (χ1) is 20.8. The fourth-order valence-corrected chi connectivity index (χ4v) is 5.39. The van der Waals surface area contributed by atoms with Crippen molar-refractivity contribution in [2.75, 3.05) is 9.80 Å². The van der Waals surface area contributed by atoms with E-state index in [9.17, 15) is 22.8 Å². The lowest BCUT2D eigenvalue weighted by molar-refractivity contribution is -0.137. The Balaban J connectivity index is 1.44. The van der Waals surface area contributed by atoms with E-state index in [0.717, 1.165) is 54.0 Å². The second-order valence-electron chi connectivity index (χ2n) is 10.8. The third kappa shape index (κ3) is 7.24. The van der Waals surface area contributed by atoms with Gasteiger partial charge in [0.05, 0.1) is 12.1 Å². The van der Waals surface area contributed by atoms with Crippen molar-refractivity contribution in [1.29, 1.82) is 0 Å². The van der Waals surface area contributed by atoms with Crippen LogP contribution < -0.4 is 9.80 Å². The lowest BCUT2D eigenvalue weighted by atomic mass is 10.0. The SMILES string of the molecule is [C-]#[N+]c1ccc(N2C(=O)C(C)(C)N(c3ccc(C#Cc4ccc(CCCCCCC(=O)O)nc4)cc3)C2=S)cc1C(F)(F)F. The first kappa shape index (κ1) is 32.2. The van der Waals surface area contributed by atoms with Crippen LogP contribution in [0.4, 0.5) is 30.2 Å². The van der Waals surface area contributed by atoms with Gasteiger partial charge in [0.1, 0.15) is 5.54 Å². The first-order valence-electron chi connectivity index (χ1n) is 13.9. The van der Waals surface area contributed by atoms with Crippen LogP contribution in [0.25, 0.3) is 4.85 Å². The molecule has 1 saturated heterocycles. The van der Waals surface area contributed by atoms with Gasteiger partial charge in [0.25, 0.3) is 5.91 Å². The number of rotatable bonds is 9. The summed E-state index contributed by atoms with van der Waals surface area (Å²) in [7, 11) is 0. The number of anilines is 2. The van der Waals surface area contributed by atoms with Crippen LogP contribution in [0.15, 0.2) is 60.8 Å². The van der Waals surface area contributed by atoms with Gasteiger partial charge in [-0.1, -0.05) is 30.7 Å². The van der Waals surface area contributed by atoms with Crippen LogP contribution in [0.1, 0.15) is 68.3 Å². The minimum atomic E-state index is -4.77. The highest BCUT2D eigenvalue weighted by Crippen LogP contribution is 2.42. The predicted octanol–water partition coefficient (Wildman–Crippen LogP) is 7.55. The van der Waals surface area contributed by atoms with E-state index < -0.39 is 34.8 Å². The number of carboxylic acid groups (broad SMARTS) is 1. The molecule has 1 fully saturated rings. The number of aryl methyl sites for hydroxylation is 1. The topological polar surface area (TPSA) is 78.1 Å². The number of halogens is 3. The lowest BCUT2D eigenvalue weighted by Crippen LogP contribution is -2.44. The number of hydrogen-bond acceptors (Lipinski definition) is 4. The molecule has 4 rings (SSSR count). The molecular formula is C33H29F3N4O3S. The zero-order chi connectivity index (χ0) is 32.1. The van der Waals surface area contributed by atoms with Crippen LogP contribution in [0.2, 0.25) is 0 Å². The maximum atomic E-state index is 13.6. The van der Waals surface area contributed by atoms with E-state index in [-0.39, 0.29) is 17.2 Å². The van der Waals surface area contributed by atoms with Gasteiger partial charge in [-0.25, -0.2) is 4.85 Å². The van der Waals surface area contributed by atoms with Crippen molar-refractivity contribution >= 4 is 46.3 Å². The van der Waals surface area contributed by atoms with E-state index in [1.807, 2.05) is 12.1 Å². The van der Waals surface area contributed by atoms with Gasteiger partial charge in [-0.3, -0.25) is 19.5 Å². The molecule has 3 aromatic rings. The van der Waals surface area contributed by atoms with Gasteiger partial charge < -0.3 is 10.0 Å². The summed E-state index contributed by atoms with van der Waals surface area (Å²) >= 11 is 5.60. The minimum Gasteiger partial charge on any atom is -0.481 e. The molecule has 1 aliphatic heterocycles. The highest BCUT2D eigenvalue weighted by molar-refractivity contribution is 7.81. The number of hydrogen-bond donors (Lipinski definition) is 1. The largest absolute Gasteiger partial charge is 0.481 e. The summed E-state index contributed by atoms with van der Waals surface area (Å²) in [6.45, 7) is 10.4. The van der Waals surface area contributed by atoms with Crippen molar-refractivity contribution in [3.63, 3.8) is 0 Å². The van der Waals surface area contributed by atoms with E-state index in [0.29, 0.717) is 17.7 Å². The average Bonchev–Trinajstić information content (AvgIpc) is 3.16. The maximum absolute atomic E-state index is 13.6. The molecule has 1 aliphatic rings. The number of pyridine rings is 1. The molecule has 0 saturated carbocycles. The number of carboxylic acids is 1. The molecule has 0 aliphatic carbocycles. The normalized spacial score (nSPS) is 14.3. The Morgan fingerprint density at radius 3 is 2.25 bits per heavy atom. The Hall–Kier alpha value is -4.74. The van der Waals surface area contributed by atoms with E-state index in [2.05, 4.69) is 21.7 Å². The summed E-state index contributed by atoms with van der Waals surface area (Å²) in [5, 5.41) is 8.72. The number of amides is 1. The van der Waals surface area contributed by atoms with Crippen molar-refractivity contribution in [2.24, 2.45) is 0 Å². The van der Waals surface area contributed by atoms with Crippen molar-refractivity contribution in [2.45, 2.75) is 64.1 Å². The van der Waals surface area contributed by atoms with Crippen LogP contribution >= 0.6 is 12.2 Å². The summed E-state index contributed by atoms with van der Waals surface area (Å²) in [6.07, 6.45) is 1.41. The number of aliphatic carboxylic acids is 1. The quantitative estimate of drug-likeness (QED) is 0.116. The predicted molar refractivity (Wildman–Crippen MR) is 165 cm³/mol. The molecule has 0 spiro atoms. The lowest BCUT2D eigenvalue weighted by Gasteiger charge is -2.29. The van der Waals surface area contributed by atoms with Crippen molar-refractivity contribution in [3.05, 3.63) is 94.6 Å². The molecule has 2 heterocycles. The van der Waals surface area contributed by atoms with Gasteiger partial charge in [0.2, 0.25) is 0 Å². The highest BCUT2D eigenvalue weighted by atomic mass is 32.1. The van der Waals surface area contributed by atoms with Gasteiger partial charge in [0.15, 0.2) is 10.8 Å². The molecule has 2 aromatic carbocycles. The molecule has 0 atom stereocenters. The molecule has 0 radical (unpaired) electrons. The van der Waals surface area contributed by atoms with E-state index >= 15 is 0 Å². The number of carbonyl (C=O) groups is 2. The zero-order valence-electron chi connectivity index (χ0n) is 24.1. The number of aromatic nitrogens is 1. The van der Waals surface area contributed by atoms with Crippen molar-refractivity contribution in [1.82, 2.24) is 4.98 Å². The van der Waals surface area contributed by atoms with Crippen LogP contribution in [-0.2, 0) is 22.2 Å². The van der Waals surface area contributed by atoms with Crippen LogP contribution in [0.5, 0.6) is 0 Å². The molecule has 7 nitrogen and oxygen atoms in total. The number of benzene rings is 2. The molecule has 1 aromatic heterocycles. The standard InChI is InChI=1S/C33H29F3N4O3S/c1-32(2)30(43)39(26-18-19-28(37-3)27(20-26)33(34,35)36)31(44)40(32)25-16-13-22(14-17-25)10-11-23-12-15-24(38-21-23)8-6-4-5-7-9-29(41)42/h12-21H,4-9H2,1-2H3,(H,41,42). The Bertz CT molecular complexity index is 1670.